The van der Waals surface area contributed by atoms with Crippen LogP contribution in [0.4, 0.5) is 0 Å². The number of carbonyl (C=O) groups is 2. The van der Waals surface area contributed by atoms with Crippen LogP contribution in [0.3, 0.4) is 0 Å². The molecular formula is C18H33KO9S2. The molecule has 0 saturated heterocycles. The summed E-state index contributed by atoms with van der Waals surface area (Å²) in [4.78, 5) is 23.8. The maximum Gasteiger partial charge on any atom is 1.00 e. The van der Waals surface area contributed by atoms with E-state index in [1.165, 1.54) is 18.9 Å². The molecule has 0 fully saturated rings. The number of hydrogen-bond donors (Lipinski definition) is 0. The summed E-state index contributed by atoms with van der Waals surface area (Å²) >= 11 is 1.51. The number of thioether (sulfide) groups is 1. The summed E-state index contributed by atoms with van der Waals surface area (Å²) in [5.41, 5.74) is -1.45. The number of rotatable bonds is 16. The number of carbonyl (C=O) groups excluding carboxylic acids is 2. The predicted molar refractivity (Wildman–Crippen MR) is 108 cm³/mol. The van der Waals surface area contributed by atoms with Crippen LogP contribution in [0.15, 0.2) is 0 Å². The van der Waals surface area contributed by atoms with Crippen molar-refractivity contribution in [3.8, 4) is 0 Å². The molecular weight excluding hydrogens is 463 g/mol. The second-order valence-corrected chi connectivity index (χ2v) is 10.1. The molecule has 0 saturated carbocycles. The Balaban J connectivity index is 0. The molecule has 0 aliphatic carbocycles. The van der Waals surface area contributed by atoms with Crippen molar-refractivity contribution in [1.82, 2.24) is 0 Å². The molecule has 1 unspecified atom stereocenters. The topological polar surface area (TPSA) is 128 Å². The summed E-state index contributed by atoms with van der Waals surface area (Å²) in [6, 6.07) is 0. The molecule has 30 heavy (non-hydrogen) atoms. The Kier molecular flexibility index (Phi) is 18.0. The number of ether oxygens (including phenoxy) is 4. The summed E-state index contributed by atoms with van der Waals surface area (Å²) in [5.74, 6) is -0.187. The zero-order valence-electron chi connectivity index (χ0n) is 18.9. The largest absolute Gasteiger partial charge is 1.00 e. The van der Waals surface area contributed by atoms with E-state index in [0.717, 1.165) is 0 Å². The van der Waals surface area contributed by atoms with Gasteiger partial charge in [0.15, 0.2) is 0 Å². The molecule has 0 aromatic rings. The molecule has 0 radical (unpaired) electrons. The molecule has 0 bridgehead atoms. The first-order valence-corrected chi connectivity index (χ1v) is 12.0. The summed E-state index contributed by atoms with van der Waals surface area (Å²) in [5, 5.41) is 0. The minimum atomic E-state index is -4.29. The standard InChI is InChI=1S/C18H34O9S2.K/c1-6-18(4,16(20)24-5)12-26-14-25-9-10-28-13-17(2,3)15(19)27-8-7-11-29(21,22)23;/h6-14H2,1-5H3,(H,21,22,23);/q;+1/p-1. The van der Waals surface area contributed by atoms with Crippen molar-refractivity contribution in [1.29, 1.82) is 0 Å². The van der Waals surface area contributed by atoms with E-state index in [1.807, 2.05) is 6.92 Å². The third kappa shape index (κ3) is 14.7. The van der Waals surface area contributed by atoms with Crippen LogP contribution in [0, 0.1) is 10.8 Å². The quantitative estimate of drug-likeness (QED) is 0.0845. The van der Waals surface area contributed by atoms with Gasteiger partial charge in [0.2, 0.25) is 0 Å². The first kappa shape index (κ1) is 32.9. The molecule has 0 heterocycles. The average molecular weight is 497 g/mol. The van der Waals surface area contributed by atoms with Gasteiger partial charge in [0.1, 0.15) is 6.79 Å². The van der Waals surface area contributed by atoms with E-state index in [9.17, 15) is 22.6 Å². The van der Waals surface area contributed by atoms with Gasteiger partial charge in [0.05, 0.1) is 47.9 Å². The van der Waals surface area contributed by atoms with Crippen LogP contribution in [0.5, 0.6) is 0 Å². The van der Waals surface area contributed by atoms with Gasteiger partial charge in [-0.15, -0.1) is 0 Å². The first-order valence-electron chi connectivity index (χ1n) is 9.30. The van der Waals surface area contributed by atoms with Crippen molar-refractivity contribution in [2.75, 3.05) is 51.0 Å². The number of methoxy groups -OCH3 is 1. The van der Waals surface area contributed by atoms with Crippen molar-refractivity contribution in [3.05, 3.63) is 0 Å². The van der Waals surface area contributed by atoms with E-state index in [4.69, 9.17) is 18.9 Å². The van der Waals surface area contributed by atoms with Crippen LogP contribution in [0.25, 0.3) is 0 Å². The Hall–Kier alpha value is 0.756. The maximum absolute atomic E-state index is 12.0. The van der Waals surface area contributed by atoms with Crippen LogP contribution in [0.1, 0.15) is 40.5 Å². The SMILES string of the molecule is CCC(C)(COCOCCSCC(C)(C)C(=O)OCCCS(=O)(=O)[O-])C(=O)OC.[K+]. The van der Waals surface area contributed by atoms with Crippen molar-refractivity contribution < 1.29 is 92.9 Å². The van der Waals surface area contributed by atoms with Gasteiger partial charge in [0.25, 0.3) is 0 Å². The Morgan fingerprint density at radius 1 is 1.07 bits per heavy atom. The molecule has 9 nitrogen and oxygen atoms in total. The van der Waals surface area contributed by atoms with Crippen molar-refractivity contribution in [3.63, 3.8) is 0 Å². The van der Waals surface area contributed by atoms with E-state index in [0.29, 0.717) is 24.5 Å². The monoisotopic (exact) mass is 496 g/mol. The molecule has 0 aliphatic rings. The van der Waals surface area contributed by atoms with Crippen LogP contribution in [-0.4, -0.2) is 75.9 Å². The molecule has 0 N–H and O–H groups in total. The number of hydrogen-bond acceptors (Lipinski definition) is 10. The summed E-state index contributed by atoms with van der Waals surface area (Å²) in [6.45, 7) is 7.70. The van der Waals surface area contributed by atoms with Crippen LogP contribution < -0.4 is 51.4 Å². The third-order valence-corrected chi connectivity index (χ3v) is 6.37. The van der Waals surface area contributed by atoms with Crippen LogP contribution >= 0.6 is 11.8 Å². The molecule has 0 spiro atoms. The van der Waals surface area contributed by atoms with E-state index in [2.05, 4.69) is 0 Å². The van der Waals surface area contributed by atoms with E-state index in [-0.39, 0.29) is 83.8 Å². The van der Waals surface area contributed by atoms with Crippen LogP contribution in [-0.2, 0) is 38.7 Å². The molecule has 172 valence electrons. The molecule has 12 heteroatoms. The second kappa shape index (κ2) is 16.4. The minimum absolute atomic E-state index is 0. The Bertz CT molecular complexity index is 611. The normalized spacial score (nSPS) is 13.8. The molecule has 0 amide bonds. The van der Waals surface area contributed by atoms with Gasteiger partial charge in [-0.1, -0.05) is 6.92 Å². The van der Waals surface area contributed by atoms with Crippen molar-refractivity contribution in [2.24, 2.45) is 10.8 Å². The Labute approximate surface area is 226 Å². The van der Waals surface area contributed by atoms with Crippen molar-refractivity contribution in [2.45, 2.75) is 40.5 Å². The minimum Gasteiger partial charge on any atom is -0.748 e. The fourth-order valence-corrected chi connectivity index (χ4v) is 3.52. The molecule has 0 rings (SSSR count). The van der Waals surface area contributed by atoms with Gasteiger partial charge in [0, 0.05) is 17.3 Å². The average Bonchev–Trinajstić information content (AvgIpc) is 2.65. The Morgan fingerprint density at radius 3 is 2.23 bits per heavy atom. The van der Waals surface area contributed by atoms with E-state index < -0.39 is 32.7 Å². The van der Waals surface area contributed by atoms with Gasteiger partial charge >= 0.3 is 63.3 Å². The fourth-order valence-electron chi connectivity index (χ4n) is 2.04. The van der Waals surface area contributed by atoms with E-state index >= 15 is 0 Å². The molecule has 0 aromatic carbocycles. The zero-order chi connectivity index (χ0) is 22.6. The van der Waals surface area contributed by atoms with Crippen LogP contribution in [0.2, 0.25) is 0 Å². The summed E-state index contributed by atoms with van der Waals surface area (Å²) < 4.78 is 52.1. The summed E-state index contributed by atoms with van der Waals surface area (Å²) in [6.07, 6.45) is 0.578. The van der Waals surface area contributed by atoms with Gasteiger partial charge in [-0.2, -0.15) is 11.8 Å². The predicted octanol–water partition coefficient (Wildman–Crippen LogP) is -1.19. The summed E-state index contributed by atoms with van der Waals surface area (Å²) in [7, 11) is -2.95. The maximum atomic E-state index is 12.0. The van der Waals surface area contributed by atoms with E-state index in [1.54, 1.807) is 20.8 Å². The Morgan fingerprint density at radius 2 is 1.70 bits per heavy atom. The van der Waals surface area contributed by atoms with Gasteiger partial charge in [-0.25, -0.2) is 8.42 Å². The third-order valence-electron chi connectivity index (χ3n) is 4.21. The van der Waals surface area contributed by atoms with Crippen molar-refractivity contribution >= 4 is 33.8 Å². The molecule has 1 atom stereocenters. The van der Waals surface area contributed by atoms with Gasteiger partial charge in [-0.3, -0.25) is 9.59 Å². The zero-order valence-corrected chi connectivity index (χ0v) is 23.6. The van der Waals surface area contributed by atoms with Gasteiger partial charge in [-0.05, 0) is 33.6 Å². The molecule has 0 aliphatic heterocycles. The second-order valence-electron chi connectivity index (χ2n) is 7.47. The van der Waals surface area contributed by atoms with Gasteiger partial charge < -0.3 is 23.5 Å². The molecule has 0 aromatic heterocycles. The number of esters is 2. The first-order chi connectivity index (χ1) is 13.4. The fraction of sp³-hybridized carbons (Fsp3) is 0.889. The smallest absolute Gasteiger partial charge is 0.748 e.